The molecule has 274 valence electrons. The highest BCUT2D eigenvalue weighted by Gasteiger charge is 2.42. The molecule has 4 aliphatic heterocycles. The van der Waals surface area contributed by atoms with Gasteiger partial charge in [0.1, 0.15) is 48.6 Å². The number of aryl methyl sites for hydroxylation is 1. The molecular weight excluding hydrogens is 665 g/mol. The Morgan fingerprint density at radius 1 is 1.22 bits per heavy atom. The summed E-state index contributed by atoms with van der Waals surface area (Å²) in [7, 11) is 0. The van der Waals surface area contributed by atoms with E-state index in [0.717, 1.165) is 0 Å². The van der Waals surface area contributed by atoms with Gasteiger partial charge in [-0.3, -0.25) is 9.69 Å². The molecule has 1 amide bonds. The number of halogens is 3. The molecule has 51 heavy (non-hydrogen) atoms. The second-order valence-electron chi connectivity index (χ2n) is 13.8. The van der Waals surface area contributed by atoms with Gasteiger partial charge in [-0.05, 0) is 62.6 Å². The van der Waals surface area contributed by atoms with E-state index in [1.165, 1.54) is 23.1 Å². The van der Waals surface area contributed by atoms with Crippen molar-refractivity contribution in [3.05, 3.63) is 77.4 Å². The van der Waals surface area contributed by atoms with Crippen LogP contribution in [-0.2, 0) is 9.53 Å². The highest BCUT2D eigenvalue weighted by Crippen LogP contribution is 2.42. The molecule has 1 aromatic heterocycles. The van der Waals surface area contributed by atoms with Crippen LogP contribution in [0.1, 0.15) is 38.8 Å². The summed E-state index contributed by atoms with van der Waals surface area (Å²) in [6.45, 7) is 13.9. The number of rotatable bonds is 6. The van der Waals surface area contributed by atoms with Gasteiger partial charge in [-0.15, -0.1) is 0 Å². The largest absolute Gasteiger partial charge is 0.490 e. The summed E-state index contributed by atoms with van der Waals surface area (Å²) in [5.41, 5.74) is 2.17. The molecule has 0 saturated carbocycles. The molecule has 0 aliphatic carbocycles. The number of fused-ring (bicyclic) bond motifs is 4. The zero-order valence-electron chi connectivity index (χ0n) is 29.5. The zero-order valence-corrected chi connectivity index (χ0v) is 29.5. The molecule has 11 nitrogen and oxygen atoms in total. The van der Waals surface area contributed by atoms with Crippen LogP contribution in [0, 0.1) is 18.7 Å². The average molecular weight is 711 g/mol. The Kier molecular flexibility index (Phi) is 10.5. The number of aliphatic imine (C=N–C) groups is 1. The molecule has 5 heterocycles. The lowest BCUT2D eigenvalue weighted by Crippen LogP contribution is -2.57. The van der Waals surface area contributed by atoms with Crippen LogP contribution in [0.15, 0.2) is 65.5 Å². The predicted molar refractivity (Wildman–Crippen MR) is 187 cm³/mol. The smallest absolute Gasteiger partial charge is 0.261 e. The summed E-state index contributed by atoms with van der Waals surface area (Å²) < 4.78 is 54.5. The third kappa shape index (κ3) is 6.96. The van der Waals surface area contributed by atoms with Crippen molar-refractivity contribution >= 4 is 17.6 Å². The van der Waals surface area contributed by atoms with Gasteiger partial charge in [-0.1, -0.05) is 26.5 Å². The number of amidine groups is 1. The van der Waals surface area contributed by atoms with Crippen molar-refractivity contribution in [3.63, 3.8) is 0 Å². The van der Waals surface area contributed by atoms with E-state index in [-0.39, 0.29) is 47.3 Å². The van der Waals surface area contributed by atoms with Crippen molar-refractivity contribution in [2.24, 2.45) is 10.9 Å². The molecule has 2 bridgehead atoms. The number of nitrogens with zero attached hydrogens (tertiary/aromatic N) is 6. The van der Waals surface area contributed by atoms with Crippen molar-refractivity contribution in [3.8, 4) is 17.0 Å². The van der Waals surface area contributed by atoms with Gasteiger partial charge in [0.2, 0.25) is 12.3 Å². The van der Waals surface area contributed by atoms with E-state index in [4.69, 9.17) is 19.5 Å². The van der Waals surface area contributed by atoms with Gasteiger partial charge < -0.3 is 34.4 Å². The number of carbonyl (C=O) groups excluding carboxylic acids is 1. The number of hydrogen-bond donors (Lipinski definition) is 2. The number of pyridine rings is 1. The number of piperazine rings is 1. The number of alkyl halides is 2. The molecule has 2 aromatic rings. The van der Waals surface area contributed by atoms with Crippen molar-refractivity contribution in [2.75, 3.05) is 44.3 Å². The number of anilines is 1. The number of hydrogen-bond acceptors (Lipinski definition) is 10. The van der Waals surface area contributed by atoms with Gasteiger partial charge in [-0.25, -0.2) is 23.1 Å². The first-order valence-electron chi connectivity index (χ1n) is 17.2. The molecule has 1 aromatic carbocycles. The maximum atomic E-state index is 15.9. The fraction of sp³-hybridized carbons (Fsp3) is 0.486. The molecule has 1 saturated heterocycles. The summed E-state index contributed by atoms with van der Waals surface area (Å²) in [5, 5.41) is 24.1. The van der Waals surface area contributed by atoms with E-state index < -0.39 is 43.5 Å². The molecule has 2 N–H and O–H groups in total. The Morgan fingerprint density at radius 2 is 1.98 bits per heavy atom. The highest BCUT2D eigenvalue weighted by atomic mass is 19.3. The SMILES string of the molecule is C=CC(=O)N1CCN(C2=NC(O)N3C4=C(C=CN(CC(C)C)[C@@H]4C)C(O)C(OCC(F)F)COc4cccc(F)c4-c4nc3c2cc4C)[C@@H](C)C1. The second kappa shape index (κ2) is 14.7. The normalized spacial score (nSPS) is 24.9. The molecule has 3 unspecified atom stereocenters. The van der Waals surface area contributed by atoms with Crippen LogP contribution in [0.4, 0.5) is 19.0 Å². The minimum atomic E-state index is -2.82. The molecule has 4 aliphatic rings. The first-order chi connectivity index (χ1) is 24.3. The van der Waals surface area contributed by atoms with E-state index >= 15 is 4.39 Å². The monoisotopic (exact) mass is 710 g/mol. The van der Waals surface area contributed by atoms with Crippen LogP contribution in [-0.4, -0.2) is 118 Å². The van der Waals surface area contributed by atoms with Crippen LogP contribution >= 0.6 is 0 Å². The van der Waals surface area contributed by atoms with Gasteiger partial charge in [-0.2, -0.15) is 0 Å². The van der Waals surface area contributed by atoms with Crippen molar-refractivity contribution < 1.29 is 37.7 Å². The lowest BCUT2D eigenvalue weighted by atomic mass is 9.93. The maximum Gasteiger partial charge on any atom is 0.261 e. The van der Waals surface area contributed by atoms with E-state index in [1.54, 1.807) is 24.0 Å². The number of benzene rings is 1. The third-order valence-electron chi connectivity index (χ3n) is 9.71. The predicted octanol–water partition coefficient (Wildman–Crippen LogP) is 4.29. The van der Waals surface area contributed by atoms with Crippen LogP contribution in [0.5, 0.6) is 5.75 Å². The molecule has 6 rings (SSSR count). The Balaban J connectivity index is 1.59. The van der Waals surface area contributed by atoms with Gasteiger partial charge >= 0.3 is 0 Å². The lowest BCUT2D eigenvalue weighted by Gasteiger charge is -2.47. The average Bonchev–Trinajstić information content (AvgIpc) is 3.08. The minimum Gasteiger partial charge on any atom is -0.490 e. The van der Waals surface area contributed by atoms with Crippen molar-refractivity contribution in [1.82, 2.24) is 19.7 Å². The number of aliphatic hydroxyl groups is 2. The quantitative estimate of drug-likeness (QED) is 0.424. The number of amides is 1. The first kappa shape index (κ1) is 36.4. The number of ether oxygens (including phenoxy) is 2. The molecular formula is C37H45F3N6O5. The molecule has 5 atom stereocenters. The lowest BCUT2D eigenvalue weighted by molar-refractivity contribution is -0.128. The summed E-state index contributed by atoms with van der Waals surface area (Å²) >= 11 is 0. The van der Waals surface area contributed by atoms with Gasteiger partial charge in [0.05, 0.1) is 28.6 Å². The molecule has 0 radical (unpaired) electrons. The Labute approximate surface area is 296 Å². The fourth-order valence-corrected chi connectivity index (χ4v) is 7.29. The summed E-state index contributed by atoms with van der Waals surface area (Å²) in [6, 6.07) is 5.47. The number of aromatic nitrogens is 1. The number of carbonyl (C=O) groups is 1. The van der Waals surface area contributed by atoms with E-state index in [1.807, 2.05) is 31.0 Å². The van der Waals surface area contributed by atoms with E-state index in [2.05, 4.69) is 25.3 Å². The Bertz CT molecular complexity index is 1770. The summed E-state index contributed by atoms with van der Waals surface area (Å²) in [6.07, 6.45) is -2.36. The van der Waals surface area contributed by atoms with E-state index in [0.29, 0.717) is 54.4 Å². The second-order valence-corrected chi connectivity index (χ2v) is 13.8. The summed E-state index contributed by atoms with van der Waals surface area (Å²) in [5.74, 6) is 0.234. The van der Waals surface area contributed by atoms with Crippen LogP contribution < -0.4 is 9.64 Å². The topological polar surface area (TPSA) is 114 Å². The number of aliphatic hydroxyl groups excluding tert-OH is 2. The van der Waals surface area contributed by atoms with Crippen LogP contribution in [0.25, 0.3) is 11.3 Å². The Morgan fingerprint density at radius 3 is 2.67 bits per heavy atom. The van der Waals surface area contributed by atoms with Crippen LogP contribution in [0.3, 0.4) is 0 Å². The maximum absolute atomic E-state index is 15.9. The summed E-state index contributed by atoms with van der Waals surface area (Å²) in [4.78, 5) is 29.7. The van der Waals surface area contributed by atoms with Crippen molar-refractivity contribution in [2.45, 2.75) is 71.7 Å². The molecule has 0 spiro atoms. The minimum absolute atomic E-state index is 0.0381. The first-order valence-corrected chi connectivity index (χ1v) is 17.2. The third-order valence-corrected chi connectivity index (χ3v) is 9.71. The van der Waals surface area contributed by atoms with E-state index in [9.17, 15) is 23.8 Å². The van der Waals surface area contributed by atoms with Gasteiger partial charge in [0.15, 0.2) is 0 Å². The molecule has 1 fully saturated rings. The Hall–Kier alpha value is -4.40. The molecule has 14 heteroatoms. The highest BCUT2D eigenvalue weighted by molar-refractivity contribution is 6.06. The standard InChI is InChI=1S/C37H45F3N6O5/c1-7-30(47)44-13-14-45(22(5)17-44)35-25-15-21(4)32-31-26(38)9-8-10-27(31)50-18-28(51-19-29(39)40)34(48)24-11-12-43(16-20(2)3)23(6)33(24)46(36(25)41-32)37(49)42-35/h7-12,15,20,22-23,28-29,34,37,48-49H,1,13-14,16-19H2,2-6H3/t22-,23+,28?,34?,37?/m0/s1. The van der Waals surface area contributed by atoms with Crippen LogP contribution in [0.2, 0.25) is 0 Å². The zero-order chi connectivity index (χ0) is 36.7. The fourth-order valence-electron chi connectivity index (χ4n) is 7.29. The van der Waals surface area contributed by atoms with Crippen molar-refractivity contribution in [1.29, 1.82) is 0 Å². The van der Waals surface area contributed by atoms with Gasteiger partial charge in [0, 0.05) is 44.0 Å². The van der Waals surface area contributed by atoms with Gasteiger partial charge in [0.25, 0.3) is 6.43 Å².